The molecule has 0 radical (unpaired) electrons. The van der Waals surface area contributed by atoms with Crippen LogP contribution in [0.2, 0.25) is 0 Å². The summed E-state index contributed by atoms with van der Waals surface area (Å²) in [7, 11) is -3.18. The van der Waals surface area contributed by atoms with Crippen LogP contribution in [0.1, 0.15) is 25.3 Å². The summed E-state index contributed by atoms with van der Waals surface area (Å²) in [6, 6.07) is 15.1. The minimum absolute atomic E-state index is 0.241. The highest BCUT2D eigenvalue weighted by Crippen LogP contribution is 2.40. The third kappa shape index (κ3) is 4.74. The number of ether oxygens (including phenoxy) is 1. The van der Waals surface area contributed by atoms with Crippen LogP contribution in [0.15, 0.2) is 65.8 Å². The fourth-order valence-corrected chi connectivity index (χ4v) is 5.64. The van der Waals surface area contributed by atoms with Crippen molar-refractivity contribution in [3.05, 3.63) is 66.5 Å². The molecule has 2 unspecified atom stereocenters. The molecule has 1 aliphatic carbocycles. The zero-order valence-electron chi connectivity index (χ0n) is 19.0. The lowest BCUT2D eigenvalue weighted by atomic mass is 10.0. The van der Waals surface area contributed by atoms with Gasteiger partial charge in [0.25, 0.3) is 0 Å². The molecule has 2 heterocycles. The van der Waals surface area contributed by atoms with E-state index in [0.717, 1.165) is 55.2 Å². The predicted octanol–water partition coefficient (Wildman–Crippen LogP) is 4.40. The van der Waals surface area contributed by atoms with Crippen molar-refractivity contribution in [3.63, 3.8) is 0 Å². The molecule has 0 spiro atoms. The average Bonchev–Trinajstić information content (AvgIpc) is 3.38. The fourth-order valence-electron chi connectivity index (χ4n) is 5.01. The molecule has 33 heavy (non-hydrogen) atoms. The number of hydrogen-bond acceptors (Lipinski definition) is 6. The fraction of sp³-hybridized carbons (Fsp3) is 0.385. The van der Waals surface area contributed by atoms with Gasteiger partial charge in [-0.05, 0) is 72.1 Å². The normalized spacial score (nSPS) is 22.4. The standard InChI is InChI=1S/C26H29N3O3S/c1-3-18-14-27-26(28-15-18)29-16-21-12-24(13-22(21)17-29)32-23-8-4-19(5-9-23)20-6-10-25(11-7-20)33(2,30)31/h4-11,14-15,21-22,24H,3,12-13,16-17H2,1-2H3. The first-order valence-corrected chi connectivity index (χ1v) is 13.4. The van der Waals surface area contributed by atoms with Crippen LogP contribution in [0.5, 0.6) is 5.75 Å². The van der Waals surface area contributed by atoms with Gasteiger partial charge in [0.1, 0.15) is 5.75 Å². The first kappa shape index (κ1) is 21.9. The van der Waals surface area contributed by atoms with Gasteiger partial charge < -0.3 is 9.64 Å². The molecule has 2 atom stereocenters. The number of fused-ring (bicyclic) bond motifs is 1. The maximum absolute atomic E-state index is 11.7. The van der Waals surface area contributed by atoms with Crippen LogP contribution in [0.3, 0.4) is 0 Å². The third-order valence-electron chi connectivity index (χ3n) is 6.86. The van der Waals surface area contributed by atoms with Crippen LogP contribution in [0.25, 0.3) is 11.1 Å². The minimum Gasteiger partial charge on any atom is -0.490 e. The van der Waals surface area contributed by atoms with Crippen molar-refractivity contribution in [2.75, 3.05) is 24.2 Å². The van der Waals surface area contributed by atoms with Gasteiger partial charge >= 0.3 is 0 Å². The molecule has 0 amide bonds. The Bertz CT molecular complexity index is 1200. The molecule has 0 N–H and O–H groups in total. The van der Waals surface area contributed by atoms with E-state index in [2.05, 4.69) is 21.8 Å². The van der Waals surface area contributed by atoms with Gasteiger partial charge in [-0.15, -0.1) is 0 Å². The number of hydrogen-bond donors (Lipinski definition) is 0. The van der Waals surface area contributed by atoms with Gasteiger partial charge in [0.05, 0.1) is 11.0 Å². The molecule has 6 nitrogen and oxygen atoms in total. The number of sulfone groups is 1. The lowest BCUT2D eigenvalue weighted by Crippen LogP contribution is -2.25. The van der Waals surface area contributed by atoms with Crippen molar-refractivity contribution in [1.82, 2.24) is 9.97 Å². The van der Waals surface area contributed by atoms with E-state index in [-0.39, 0.29) is 6.10 Å². The van der Waals surface area contributed by atoms with E-state index in [4.69, 9.17) is 4.74 Å². The van der Waals surface area contributed by atoms with E-state index in [1.807, 2.05) is 48.8 Å². The van der Waals surface area contributed by atoms with Gasteiger partial charge in [0.2, 0.25) is 5.95 Å². The second-order valence-corrected chi connectivity index (χ2v) is 11.2. The average molecular weight is 464 g/mol. The van der Waals surface area contributed by atoms with Crippen LogP contribution < -0.4 is 9.64 Å². The quantitative estimate of drug-likeness (QED) is 0.539. The van der Waals surface area contributed by atoms with E-state index < -0.39 is 9.84 Å². The number of aromatic nitrogens is 2. The Morgan fingerprint density at radius 1 is 0.909 bits per heavy atom. The first-order valence-electron chi connectivity index (χ1n) is 11.5. The zero-order chi connectivity index (χ0) is 23.0. The summed E-state index contributed by atoms with van der Waals surface area (Å²) < 4.78 is 29.6. The van der Waals surface area contributed by atoms with Crippen molar-refractivity contribution in [3.8, 4) is 16.9 Å². The van der Waals surface area contributed by atoms with E-state index in [1.54, 1.807) is 12.1 Å². The number of rotatable bonds is 6. The Balaban J connectivity index is 1.17. The number of anilines is 1. The lowest BCUT2D eigenvalue weighted by molar-refractivity contribution is 0.200. The van der Waals surface area contributed by atoms with Gasteiger partial charge in [-0.25, -0.2) is 18.4 Å². The second kappa shape index (κ2) is 8.78. The molecule has 5 rings (SSSR count). The molecule has 0 bridgehead atoms. The zero-order valence-corrected chi connectivity index (χ0v) is 19.8. The van der Waals surface area contributed by atoms with Gasteiger partial charge in [-0.2, -0.15) is 0 Å². The number of nitrogens with zero attached hydrogens (tertiary/aromatic N) is 3. The first-order chi connectivity index (χ1) is 15.9. The maximum Gasteiger partial charge on any atom is 0.225 e. The molecule has 172 valence electrons. The van der Waals surface area contributed by atoms with Crippen LogP contribution in [0, 0.1) is 11.8 Å². The topological polar surface area (TPSA) is 72.4 Å². The van der Waals surface area contributed by atoms with Gasteiger partial charge in [0, 0.05) is 31.7 Å². The third-order valence-corrected chi connectivity index (χ3v) is 7.99. The molecule has 3 aromatic rings. The molecule has 7 heteroatoms. The van der Waals surface area contributed by atoms with Crippen LogP contribution in [0.4, 0.5) is 5.95 Å². The summed E-state index contributed by atoms with van der Waals surface area (Å²) in [6.45, 7) is 4.11. The number of benzene rings is 2. The Labute approximate surface area is 195 Å². The monoisotopic (exact) mass is 463 g/mol. The summed E-state index contributed by atoms with van der Waals surface area (Å²) >= 11 is 0. The molecule has 1 aliphatic heterocycles. The summed E-state index contributed by atoms with van der Waals surface area (Å²) in [5.74, 6) is 2.97. The van der Waals surface area contributed by atoms with E-state index in [0.29, 0.717) is 16.7 Å². The SMILES string of the molecule is CCc1cnc(N2CC3CC(Oc4ccc(-c5ccc(S(C)(=O)=O)cc5)cc4)CC3C2)nc1. The number of aryl methyl sites for hydroxylation is 1. The Morgan fingerprint density at radius 2 is 1.45 bits per heavy atom. The molecule has 1 saturated carbocycles. The lowest BCUT2D eigenvalue weighted by Gasteiger charge is -2.20. The molecular weight excluding hydrogens is 434 g/mol. The van der Waals surface area contributed by atoms with Crippen LogP contribution in [-0.4, -0.2) is 43.8 Å². The van der Waals surface area contributed by atoms with Crippen molar-refractivity contribution < 1.29 is 13.2 Å². The molecule has 1 aromatic heterocycles. The highest BCUT2D eigenvalue weighted by atomic mass is 32.2. The van der Waals surface area contributed by atoms with Crippen molar-refractivity contribution in [2.45, 2.75) is 37.2 Å². The van der Waals surface area contributed by atoms with Crippen molar-refractivity contribution in [1.29, 1.82) is 0 Å². The molecule has 1 saturated heterocycles. The Kier molecular flexibility index (Phi) is 5.83. The van der Waals surface area contributed by atoms with Gasteiger partial charge in [-0.1, -0.05) is 31.2 Å². The predicted molar refractivity (Wildman–Crippen MR) is 129 cm³/mol. The van der Waals surface area contributed by atoms with Crippen LogP contribution in [-0.2, 0) is 16.3 Å². The summed E-state index contributed by atoms with van der Waals surface area (Å²) in [6.07, 6.45) is 8.41. The molecule has 2 aliphatic rings. The van der Waals surface area contributed by atoms with E-state index in [1.165, 1.54) is 11.8 Å². The van der Waals surface area contributed by atoms with Crippen LogP contribution >= 0.6 is 0 Å². The molecule has 2 aromatic carbocycles. The maximum atomic E-state index is 11.7. The Hall–Kier alpha value is -2.93. The second-order valence-electron chi connectivity index (χ2n) is 9.20. The summed E-state index contributed by atoms with van der Waals surface area (Å²) in [5.41, 5.74) is 3.19. The summed E-state index contributed by atoms with van der Waals surface area (Å²) in [5, 5.41) is 0. The van der Waals surface area contributed by atoms with Crippen molar-refractivity contribution in [2.24, 2.45) is 11.8 Å². The van der Waals surface area contributed by atoms with Gasteiger partial charge in [-0.3, -0.25) is 0 Å². The molecular formula is C26H29N3O3S. The van der Waals surface area contributed by atoms with E-state index >= 15 is 0 Å². The largest absolute Gasteiger partial charge is 0.490 e. The molecule has 2 fully saturated rings. The smallest absolute Gasteiger partial charge is 0.225 e. The highest BCUT2D eigenvalue weighted by molar-refractivity contribution is 7.90. The summed E-state index contributed by atoms with van der Waals surface area (Å²) in [4.78, 5) is 11.7. The van der Waals surface area contributed by atoms with Gasteiger partial charge in [0.15, 0.2) is 9.84 Å². The Morgan fingerprint density at radius 3 is 1.97 bits per heavy atom. The van der Waals surface area contributed by atoms with Crippen molar-refractivity contribution >= 4 is 15.8 Å². The minimum atomic E-state index is -3.18. The highest BCUT2D eigenvalue weighted by Gasteiger charge is 2.42. The van der Waals surface area contributed by atoms with E-state index in [9.17, 15) is 8.42 Å².